The van der Waals surface area contributed by atoms with Crippen molar-refractivity contribution in [3.8, 4) is 5.75 Å². The summed E-state index contributed by atoms with van der Waals surface area (Å²) in [5.41, 5.74) is 6.16. The zero-order valence-electron chi connectivity index (χ0n) is 16.9. The lowest BCUT2D eigenvalue weighted by molar-refractivity contribution is -0.130. The zero-order valence-corrected chi connectivity index (χ0v) is 16.9. The highest BCUT2D eigenvalue weighted by atomic mass is 19.1. The van der Waals surface area contributed by atoms with E-state index in [9.17, 15) is 14.0 Å². The molecule has 1 aromatic rings. The average Bonchev–Trinajstić information content (AvgIpc) is 3.37. The van der Waals surface area contributed by atoms with E-state index in [2.05, 4.69) is 10.3 Å². The number of halogens is 1. The molecule has 0 saturated heterocycles. The van der Waals surface area contributed by atoms with Crippen molar-refractivity contribution in [1.82, 2.24) is 10.2 Å². The summed E-state index contributed by atoms with van der Waals surface area (Å²) in [6.07, 6.45) is 1.51. The molecule has 0 radical (unpaired) electrons. The Balaban J connectivity index is 1.39. The number of fused-ring (bicyclic) bond motifs is 1. The standard InChI is InChI=1S/C21H27FN4O3/c1-11-6-16(15-8-13(22)4-5-17(15)29-11)24-19(28)14-7-12(14)10-26-18(27)9-21(2,3)25-20(26)23/h4-5,8,11-12,14,16H,6-7,9-10H2,1-3H3,(H2,23,25)(H,24,28). The molecule has 29 heavy (non-hydrogen) atoms. The van der Waals surface area contributed by atoms with Gasteiger partial charge in [-0.25, -0.2) is 9.38 Å². The molecule has 0 bridgehead atoms. The van der Waals surface area contributed by atoms with E-state index in [4.69, 9.17) is 10.5 Å². The molecule has 2 heterocycles. The number of nitrogens with zero attached hydrogens (tertiary/aromatic N) is 2. The number of hydrogen-bond donors (Lipinski definition) is 2. The van der Waals surface area contributed by atoms with E-state index >= 15 is 0 Å². The molecule has 1 aromatic carbocycles. The minimum Gasteiger partial charge on any atom is -0.490 e. The number of aliphatic imine (C=N–C) groups is 1. The lowest BCUT2D eigenvalue weighted by Gasteiger charge is -2.33. The molecule has 1 saturated carbocycles. The van der Waals surface area contributed by atoms with Crippen LogP contribution in [0.15, 0.2) is 23.2 Å². The minimum absolute atomic E-state index is 0.0538. The molecule has 2 aliphatic heterocycles. The SMILES string of the molecule is CC1CC(NC(=O)C2CC2CN2C(=O)CC(C)(C)N=C2N)c2cc(F)ccc2O1. The molecule has 8 heteroatoms. The maximum absolute atomic E-state index is 13.7. The minimum atomic E-state index is -0.486. The van der Waals surface area contributed by atoms with Gasteiger partial charge in [-0.05, 0) is 51.3 Å². The third kappa shape index (κ3) is 4.06. The molecule has 4 atom stereocenters. The number of rotatable bonds is 4. The Kier molecular flexibility index (Phi) is 4.75. The van der Waals surface area contributed by atoms with Gasteiger partial charge in [0.05, 0.1) is 24.1 Å². The molecule has 0 aromatic heterocycles. The molecule has 1 fully saturated rings. The van der Waals surface area contributed by atoms with E-state index in [-0.39, 0.29) is 47.6 Å². The van der Waals surface area contributed by atoms with Gasteiger partial charge in [0.15, 0.2) is 5.96 Å². The first-order chi connectivity index (χ1) is 13.6. The van der Waals surface area contributed by atoms with Crippen LogP contribution in [0.5, 0.6) is 5.75 Å². The first kappa shape index (κ1) is 19.7. The van der Waals surface area contributed by atoms with Crippen LogP contribution in [0.1, 0.15) is 51.6 Å². The normalized spacial score (nSPS) is 30.1. The fourth-order valence-corrected chi connectivity index (χ4v) is 4.24. The Morgan fingerprint density at radius 2 is 2.17 bits per heavy atom. The fourth-order valence-electron chi connectivity index (χ4n) is 4.24. The molecule has 4 rings (SSSR count). The fraction of sp³-hybridized carbons (Fsp3) is 0.571. The number of carbonyl (C=O) groups is 2. The van der Waals surface area contributed by atoms with E-state index in [0.29, 0.717) is 37.1 Å². The number of nitrogens with two attached hydrogens (primary N) is 1. The van der Waals surface area contributed by atoms with Crippen LogP contribution in [-0.4, -0.2) is 40.9 Å². The monoisotopic (exact) mass is 402 g/mol. The van der Waals surface area contributed by atoms with E-state index in [1.807, 2.05) is 20.8 Å². The van der Waals surface area contributed by atoms with Crippen molar-refractivity contribution < 1.29 is 18.7 Å². The van der Waals surface area contributed by atoms with E-state index in [1.54, 1.807) is 6.07 Å². The van der Waals surface area contributed by atoms with Gasteiger partial charge in [-0.2, -0.15) is 0 Å². The molecule has 7 nitrogen and oxygen atoms in total. The van der Waals surface area contributed by atoms with Crippen LogP contribution in [0.4, 0.5) is 4.39 Å². The summed E-state index contributed by atoms with van der Waals surface area (Å²) in [7, 11) is 0. The van der Waals surface area contributed by atoms with Crippen LogP contribution in [0.25, 0.3) is 0 Å². The van der Waals surface area contributed by atoms with Crippen molar-refractivity contribution in [3.05, 3.63) is 29.6 Å². The van der Waals surface area contributed by atoms with Gasteiger partial charge in [0.25, 0.3) is 0 Å². The summed E-state index contributed by atoms with van der Waals surface area (Å²) in [4.78, 5) is 31.1. The number of carbonyl (C=O) groups excluding carboxylic acids is 2. The predicted molar refractivity (Wildman–Crippen MR) is 106 cm³/mol. The van der Waals surface area contributed by atoms with E-state index in [1.165, 1.54) is 17.0 Å². The molecule has 2 amide bonds. The van der Waals surface area contributed by atoms with Crippen molar-refractivity contribution in [2.75, 3.05) is 6.54 Å². The van der Waals surface area contributed by atoms with Gasteiger partial charge in [-0.3, -0.25) is 14.5 Å². The number of guanidine groups is 1. The quantitative estimate of drug-likeness (QED) is 0.806. The lowest BCUT2D eigenvalue weighted by Crippen LogP contribution is -2.50. The highest BCUT2D eigenvalue weighted by Crippen LogP contribution is 2.42. The van der Waals surface area contributed by atoms with Crippen molar-refractivity contribution in [2.45, 2.75) is 57.7 Å². The van der Waals surface area contributed by atoms with E-state index in [0.717, 1.165) is 0 Å². The van der Waals surface area contributed by atoms with Crippen molar-refractivity contribution >= 4 is 17.8 Å². The number of hydrogen-bond acceptors (Lipinski definition) is 5. The number of nitrogens with one attached hydrogen (secondary N) is 1. The topological polar surface area (TPSA) is 97.0 Å². The Hall–Kier alpha value is -2.64. The first-order valence-corrected chi connectivity index (χ1v) is 10.0. The Bertz CT molecular complexity index is 885. The molecular weight excluding hydrogens is 375 g/mol. The molecular formula is C21H27FN4O3. The summed E-state index contributed by atoms with van der Waals surface area (Å²) in [5.74, 6) is 0.208. The first-order valence-electron chi connectivity index (χ1n) is 10.0. The van der Waals surface area contributed by atoms with Gasteiger partial charge < -0.3 is 15.8 Å². The molecule has 0 spiro atoms. The maximum atomic E-state index is 13.7. The summed E-state index contributed by atoms with van der Waals surface area (Å²) in [6.45, 7) is 6.07. The van der Waals surface area contributed by atoms with Crippen LogP contribution in [0.2, 0.25) is 0 Å². The second-order valence-corrected chi connectivity index (χ2v) is 8.97. The van der Waals surface area contributed by atoms with E-state index < -0.39 is 5.54 Å². The molecule has 1 aliphatic carbocycles. The van der Waals surface area contributed by atoms with Crippen LogP contribution in [0, 0.1) is 17.7 Å². The van der Waals surface area contributed by atoms with Gasteiger partial charge >= 0.3 is 0 Å². The zero-order chi connectivity index (χ0) is 20.9. The summed E-state index contributed by atoms with van der Waals surface area (Å²) < 4.78 is 19.4. The molecule has 4 unspecified atom stereocenters. The van der Waals surface area contributed by atoms with Crippen LogP contribution in [0.3, 0.4) is 0 Å². The summed E-state index contributed by atoms with van der Waals surface area (Å²) in [6, 6.07) is 4.09. The smallest absolute Gasteiger partial charge is 0.231 e. The van der Waals surface area contributed by atoms with Gasteiger partial charge in [0.2, 0.25) is 11.8 Å². The number of amides is 2. The van der Waals surface area contributed by atoms with Crippen LogP contribution in [-0.2, 0) is 9.59 Å². The van der Waals surface area contributed by atoms with Gasteiger partial charge in [0.1, 0.15) is 11.6 Å². The molecule has 3 N–H and O–H groups in total. The number of ether oxygens (including phenoxy) is 1. The van der Waals surface area contributed by atoms with Gasteiger partial charge in [0, 0.05) is 24.4 Å². The Labute approximate surface area is 169 Å². The van der Waals surface area contributed by atoms with Crippen molar-refractivity contribution in [1.29, 1.82) is 0 Å². The highest BCUT2D eigenvalue weighted by Gasteiger charge is 2.46. The third-order valence-corrected chi connectivity index (χ3v) is 5.81. The summed E-state index contributed by atoms with van der Waals surface area (Å²) >= 11 is 0. The summed E-state index contributed by atoms with van der Waals surface area (Å²) in [5, 5.41) is 3.05. The maximum Gasteiger partial charge on any atom is 0.231 e. The second-order valence-electron chi connectivity index (χ2n) is 8.97. The third-order valence-electron chi connectivity index (χ3n) is 5.81. The van der Waals surface area contributed by atoms with Crippen LogP contribution < -0.4 is 15.8 Å². The van der Waals surface area contributed by atoms with Crippen molar-refractivity contribution in [2.24, 2.45) is 22.6 Å². The number of benzene rings is 1. The largest absolute Gasteiger partial charge is 0.490 e. The second kappa shape index (κ2) is 7.00. The van der Waals surface area contributed by atoms with Crippen molar-refractivity contribution in [3.63, 3.8) is 0 Å². The van der Waals surface area contributed by atoms with Gasteiger partial charge in [-0.1, -0.05) is 0 Å². The lowest BCUT2D eigenvalue weighted by atomic mass is 9.96. The predicted octanol–water partition coefficient (Wildman–Crippen LogP) is 2.12. The average molecular weight is 402 g/mol. The molecule has 3 aliphatic rings. The van der Waals surface area contributed by atoms with Crippen LogP contribution >= 0.6 is 0 Å². The molecule has 156 valence electrons. The Morgan fingerprint density at radius 3 is 2.90 bits per heavy atom. The Morgan fingerprint density at radius 1 is 1.41 bits per heavy atom. The van der Waals surface area contributed by atoms with Gasteiger partial charge in [-0.15, -0.1) is 0 Å². The highest BCUT2D eigenvalue weighted by molar-refractivity contribution is 5.99.